The zero-order valence-corrected chi connectivity index (χ0v) is 12.6. The van der Waals surface area contributed by atoms with E-state index in [0.717, 1.165) is 11.1 Å². The van der Waals surface area contributed by atoms with E-state index in [1.165, 1.54) is 24.3 Å². The Morgan fingerprint density at radius 2 is 1.62 bits per heavy atom. The van der Waals surface area contributed by atoms with Gasteiger partial charge in [0.05, 0.1) is 4.90 Å². The molecule has 0 fully saturated rings. The van der Waals surface area contributed by atoms with Gasteiger partial charge in [-0.3, -0.25) is 9.52 Å². The summed E-state index contributed by atoms with van der Waals surface area (Å²) in [4.78, 5) is 11.1. The highest BCUT2D eigenvalue weighted by atomic mass is 32.2. The van der Waals surface area contributed by atoms with Crippen molar-refractivity contribution in [2.75, 3.05) is 4.72 Å². The summed E-state index contributed by atoms with van der Waals surface area (Å²) in [5.41, 5.74) is 7.97. The molecule has 0 aliphatic carbocycles. The van der Waals surface area contributed by atoms with E-state index >= 15 is 0 Å². The van der Waals surface area contributed by atoms with Crippen LogP contribution in [0.4, 0.5) is 5.69 Å². The maximum absolute atomic E-state index is 12.3. The molecule has 0 aliphatic rings. The highest BCUT2D eigenvalue weighted by molar-refractivity contribution is 7.92. The number of nitrogens with two attached hydrogens (primary N) is 1. The minimum Gasteiger partial charge on any atom is -0.366 e. The average molecular weight is 304 g/mol. The molecule has 110 valence electrons. The second kappa shape index (κ2) is 5.57. The van der Waals surface area contributed by atoms with Crippen molar-refractivity contribution in [3.8, 4) is 0 Å². The molecule has 5 nitrogen and oxygen atoms in total. The van der Waals surface area contributed by atoms with Gasteiger partial charge in [0.25, 0.3) is 10.0 Å². The maximum Gasteiger partial charge on any atom is 0.261 e. The predicted octanol–water partition coefficient (Wildman–Crippen LogP) is 2.20. The van der Waals surface area contributed by atoms with Crippen LogP contribution in [0, 0.1) is 13.8 Å². The van der Waals surface area contributed by atoms with Gasteiger partial charge in [-0.1, -0.05) is 6.07 Å². The van der Waals surface area contributed by atoms with Crippen LogP contribution >= 0.6 is 0 Å². The Labute approximate surface area is 123 Å². The molecule has 2 rings (SSSR count). The third kappa shape index (κ3) is 3.41. The van der Waals surface area contributed by atoms with E-state index in [0.29, 0.717) is 5.69 Å². The van der Waals surface area contributed by atoms with Crippen molar-refractivity contribution in [3.05, 3.63) is 59.2 Å². The quantitative estimate of drug-likeness (QED) is 0.907. The normalized spacial score (nSPS) is 11.1. The first kappa shape index (κ1) is 15.1. The van der Waals surface area contributed by atoms with Crippen molar-refractivity contribution >= 4 is 21.6 Å². The fourth-order valence-corrected chi connectivity index (χ4v) is 2.87. The zero-order chi connectivity index (χ0) is 15.6. The van der Waals surface area contributed by atoms with E-state index in [4.69, 9.17) is 5.73 Å². The summed E-state index contributed by atoms with van der Waals surface area (Å²) in [5.74, 6) is -0.596. The highest BCUT2D eigenvalue weighted by Gasteiger charge is 2.14. The number of nitrogens with one attached hydrogen (secondary N) is 1. The molecule has 1 amide bonds. The molecule has 0 unspecified atom stereocenters. The summed E-state index contributed by atoms with van der Waals surface area (Å²) in [7, 11) is -3.69. The Morgan fingerprint density at radius 3 is 2.14 bits per heavy atom. The summed E-state index contributed by atoms with van der Waals surface area (Å²) in [6.45, 7) is 3.87. The lowest BCUT2D eigenvalue weighted by molar-refractivity contribution is 0.1000. The van der Waals surface area contributed by atoms with Gasteiger partial charge in [0.15, 0.2) is 0 Å². The summed E-state index contributed by atoms with van der Waals surface area (Å²) >= 11 is 0. The van der Waals surface area contributed by atoms with Crippen molar-refractivity contribution in [2.45, 2.75) is 18.7 Å². The summed E-state index contributed by atoms with van der Waals surface area (Å²) in [5, 5.41) is 0. The second-order valence-electron chi connectivity index (χ2n) is 4.79. The number of hydrogen-bond acceptors (Lipinski definition) is 3. The molecule has 0 saturated heterocycles. The van der Waals surface area contributed by atoms with Crippen LogP contribution in [0.5, 0.6) is 0 Å². The molecule has 2 aromatic rings. The van der Waals surface area contributed by atoms with Crippen LogP contribution in [-0.2, 0) is 10.0 Å². The van der Waals surface area contributed by atoms with Gasteiger partial charge in [-0.25, -0.2) is 8.42 Å². The van der Waals surface area contributed by atoms with Crippen LogP contribution in [0.3, 0.4) is 0 Å². The van der Waals surface area contributed by atoms with Crippen molar-refractivity contribution in [2.24, 2.45) is 5.73 Å². The number of aryl methyl sites for hydroxylation is 2. The summed E-state index contributed by atoms with van der Waals surface area (Å²) < 4.78 is 27.0. The molecule has 3 N–H and O–H groups in total. The van der Waals surface area contributed by atoms with Crippen LogP contribution < -0.4 is 10.5 Å². The lowest BCUT2D eigenvalue weighted by Crippen LogP contribution is -2.14. The Kier molecular flexibility index (Phi) is 3.99. The van der Waals surface area contributed by atoms with Crippen LogP contribution in [0.1, 0.15) is 21.5 Å². The first-order chi connectivity index (χ1) is 9.79. The number of rotatable bonds is 4. The molecular weight excluding hydrogens is 288 g/mol. The van der Waals surface area contributed by atoms with E-state index < -0.39 is 15.9 Å². The number of amides is 1. The van der Waals surface area contributed by atoms with Crippen LogP contribution in [0.25, 0.3) is 0 Å². The molecule has 0 atom stereocenters. The first-order valence-corrected chi connectivity index (χ1v) is 7.78. The molecule has 21 heavy (non-hydrogen) atoms. The number of anilines is 1. The Hall–Kier alpha value is -2.34. The minimum absolute atomic E-state index is 0.0747. The SMILES string of the molecule is Cc1ccc(NS(=O)(=O)c2ccc(C(N)=O)cc2)cc1C. The molecule has 0 heterocycles. The minimum atomic E-state index is -3.69. The van der Waals surface area contributed by atoms with Gasteiger partial charge >= 0.3 is 0 Å². The molecule has 6 heteroatoms. The van der Waals surface area contributed by atoms with Crippen molar-refractivity contribution in [1.82, 2.24) is 0 Å². The van der Waals surface area contributed by atoms with Crippen LogP contribution in [-0.4, -0.2) is 14.3 Å². The van der Waals surface area contributed by atoms with Crippen LogP contribution in [0.2, 0.25) is 0 Å². The number of sulfonamides is 1. The van der Waals surface area contributed by atoms with E-state index in [1.807, 2.05) is 19.9 Å². The fourth-order valence-electron chi connectivity index (χ4n) is 1.82. The summed E-state index contributed by atoms with van der Waals surface area (Å²) in [6.07, 6.45) is 0. The monoisotopic (exact) mass is 304 g/mol. The summed E-state index contributed by atoms with van der Waals surface area (Å²) in [6, 6.07) is 10.8. The average Bonchev–Trinajstić information content (AvgIpc) is 2.43. The van der Waals surface area contributed by atoms with Gasteiger partial charge in [0.2, 0.25) is 5.91 Å². The number of carbonyl (C=O) groups is 1. The highest BCUT2D eigenvalue weighted by Crippen LogP contribution is 2.19. The van der Waals surface area contributed by atoms with E-state index in [-0.39, 0.29) is 10.5 Å². The molecule has 0 saturated carbocycles. The maximum atomic E-state index is 12.3. The lowest BCUT2D eigenvalue weighted by Gasteiger charge is -2.10. The lowest BCUT2D eigenvalue weighted by atomic mass is 10.1. The Balaban J connectivity index is 2.29. The molecule has 0 aromatic heterocycles. The largest absolute Gasteiger partial charge is 0.366 e. The number of hydrogen-bond donors (Lipinski definition) is 2. The van der Waals surface area contributed by atoms with Crippen LogP contribution in [0.15, 0.2) is 47.4 Å². The zero-order valence-electron chi connectivity index (χ0n) is 11.8. The van der Waals surface area contributed by atoms with Crippen molar-refractivity contribution < 1.29 is 13.2 Å². The van der Waals surface area contributed by atoms with Gasteiger partial charge in [-0.2, -0.15) is 0 Å². The fraction of sp³-hybridized carbons (Fsp3) is 0.133. The van der Waals surface area contributed by atoms with Gasteiger partial charge < -0.3 is 5.73 Å². The third-order valence-electron chi connectivity index (χ3n) is 3.21. The van der Waals surface area contributed by atoms with Gasteiger partial charge in [-0.05, 0) is 61.4 Å². The molecule has 0 aliphatic heterocycles. The number of primary amides is 1. The van der Waals surface area contributed by atoms with E-state index in [9.17, 15) is 13.2 Å². The molecule has 0 radical (unpaired) electrons. The van der Waals surface area contributed by atoms with Crippen molar-refractivity contribution in [3.63, 3.8) is 0 Å². The van der Waals surface area contributed by atoms with Crippen molar-refractivity contribution in [1.29, 1.82) is 0 Å². The van der Waals surface area contributed by atoms with Gasteiger partial charge in [-0.15, -0.1) is 0 Å². The van der Waals surface area contributed by atoms with E-state index in [1.54, 1.807) is 12.1 Å². The standard InChI is InChI=1S/C15H16N2O3S/c1-10-3-6-13(9-11(10)2)17-21(19,20)14-7-4-12(5-8-14)15(16)18/h3-9,17H,1-2H3,(H2,16,18). The van der Waals surface area contributed by atoms with Gasteiger partial charge in [0, 0.05) is 11.3 Å². The Morgan fingerprint density at radius 1 is 1.00 bits per heavy atom. The topological polar surface area (TPSA) is 89.3 Å². The smallest absolute Gasteiger partial charge is 0.261 e. The Bertz CT molecular complexity index is 781. The molecule has 0 bridgehead atoms. The van der Waals surface area contributed by atoms with E-state index in [2.05, 4.69) is 4.72 Å². The first-order valence-electron chi connectivity index (χ1n) is 6.29. The number of carbonyl (C=O) groups excluding carboxylic acids is 1. The van der Waals surface area contributed by atoms with Gasteiger partial charge in [0.1, 0.15) is 0 Å². The molecule has 0 spiro atoms. The number of benzene rings is 2. The predicted molar refractivity (Wildman–Crippen MR) is 81.7 cm³/mol. The molecule has 2 aromatic carbocycles. The molecular formula is C15H16N2O3S. The third-order valence-corrected chi connectivity index (χ3v) is 4.61. The second-order valence-corrected chi connectivity index (χ2v) is 6.48.